The number of hydrogen-bond acceptors (Lipinski definition) is 3. The van der Waals surface area contributed by atoms with E-state index in [1.807, 2.05) is 30.3 Å². The van der Waals surface area contributed by atoms with Gasteiger partial charge in [-0.05, 0) is 23.8 Å². The van der Waals surface area contributed by atoms with Crippen molar-refractivity contribution in [3.63, 3.8) is 0 Å². The predicted octanol–water partition coefficient (Wildman–Crippen LogP) is 2.73. The lowest BCUT2D eigenvalue weighted by atomic mass is 10.0. The first kappa shape index (κ1) is 15.3. The molecular formula is C17H16N2O3S. The molecule has 0 unspecified atom stereocenters. The minimum atomic E-state index is -3.33. The summed E-state index contributed by atoms with van der Waals surface area (Å²) >= 11 is 0. The number of nitrogens with one attached hydrogen (secondary N) is 1. The van der Waals surface area contributed by atoms with Gasteiger partial charge < -0.3 is 10.7 Å². The van der Waals surface area contributed by atoms with Crippen LogP contribution in [0.2, 0.25) is 0 Å². The van der Waals surface area contributed by atoms with E-state index in [4.69, 9.17) is 5.73 Å². The summed E-state index contributed by atoms with van der Waals surface area (Å²) in [6.45, 7) is 1.60. The lowest BCUT2D eigenvalue weighted by Gasteiger charge is -2.04. The Balaban J connectivity index is 2.37. The number of fused-ring (bicyclic) bond motifs is 1. The Bertz CT molecular complexity index is 989. The second-order valence-corrected chi connectivity index (χ2v) is 7.49. The topological polar surface area (TPSA) is 93.0 Å². The van der Waals surface area contributed by atoms with Gasteiger partial charge in [-0.3, -0.25) is 4.79 Å². The van der Waals surface area contributed by atoms with Crippen LogP contribution in [0.15, 0.2) is 53.4 Å². The smallest absolute Gasteiger partial charge is 0.265 e. The molecule has 1 heterocycles. The highest BCUT2D eigenvalue weighted by Crippen LogP contribution is 2.33. The van der Waals surface area contributed by atoms with Crippen LogP contribution in [0.3, 0.4) is 0 Å². The van der Waals surface area contributed by atoms with Crippen LogP contribution in [0.4, 0.5) is 0 Å². The summed E-state index contributed by atoms with van der Waals surface area (Å²) < 4.78 is 24.3. The van der Waals surface area contributed by atoms with E-state index in [-0.39, 0.29) is 16.3 Å². The van der Waals surface area contributed by atoms with Crippen molar-refractivity contribution in [1.82, 2.24) is 4.98 Å². The molecule has 0 bridgehead atoms. The van der Waals surface area contributed by atoms with Gasteiger partial charge in [-0.25, -0.2) is 8.42 Å². The van der Waals surface area contributed by atoms with E-state index in [2.05, 4.69) is 4.98 Å². The van der Waals surface area contributed by atoms with Gasteiger partial charge in [-0.15, -0.1) is 0 Å². The molecule has 23 heavy (non-hydrogen) atoms. The highest BCUT2D eigenvalue weighted by molar-refractivity contribution is 7.91. The Labute approximate surface area is 134 Å². The van der Waals surface area contributed by atoms with Crippen LogP contribution in [0.25, 0.3) is 22.0 Å². The Hall–Kier alpha value is -2.60. The maximum atomic E-state index is 12.1. The second-order valence-electron chi connectivity index (χ2n) is 5.22. The average molecular weight is 328 g/mol. The zero-order valence-electron chi connectivity index (χ0n) is 12.5. The van der Waals surface area contributed by atoms with Crippen molar-refractivity contribution in [3.8, 4) is 11.1 Å². The molecule has 0 saturated heterocycles. The molecule has 118 valence electrons. The Morgan fingerprint density at radius 2 is 1.83 bits per heavy atom. The highest BCUT2D eigenvalue weighted by Gasteiger charge is 2.20. The van der Waals surface area contributed by atoms with Gasteiger partial charge in [-0.1, -0.05) is 37.3 Å². The van der Waals surface area contributed by atoms with Gasteiger partial charge in [0.1, 0.15) is 5.69 Å². The van der Waals surface area contributed by atoms with E-state index in [0.717, 1.165) is 5.56 Å². The maximum Gasteiger partial charge on any atom is 0.265 e. The van der Waals surface area contributed by atoms with Gasteiger partial charge in [0.15, 0.2) is 9.84 Å². The quantitative estimate of drug-likeness (QED) is 0.771. The van der Waals surface area contributed by atoms with Crippen molar-refractivity contribution in [3.05, 3.63) is 54.2 Å². The van der Waals surface area contributed by atoms with Crippen molar-refractivity contribution >= 4 is 26.6 Å². The van der Waals surface area contributed by atoms with Crippen molar-refractivity contribution in [2.24, 2.45) is 5.73 Å². The van der Waals surface area contributed by atoms with Gasteiger partial charge >= 0.3 is 0 Å². The third kappa shape index (κ3) is 2.61. The summed E-state index contributed by atoms with van der Waals surface area (Å²) in [7, 11) is -3.33. The van der Waals surface area contributed by atoms with Crippen LogP contribution in [0.1, 0.15) is 17.4 Å². The van der Waals surface area contributed by atoms with E-state index in [0.29, 0.717) is 16.5 Å². The Morgan fingerprint density at radius 3 is 2.43 bits per heavy atom. The van der Waals surface area contributed by atoms with Crippen LogP contribution in [-0.2, 0) is 9.84 Å². The first-order chi connectivity index (χ1) is 10.9. The number of carbonyl (C=O) groups is 1. The zero-order valence-corrected chi connectivity index (χ0v) is 13.4. The molecule has 0 radical (unpaired) electrons. The van der Waals surface area contributed by atoms with Crippen molar-refractivity contribution in [1.29, 1.82) is 0 Å². The maximum absolute atomic E-state index is 12.1. The lowest BCUT2D eigenvalue weighted by molar-refractivity contribution is 0.0997. The fraction of sp³-hybridized carbons (Fsp3) is 0.118. The van der Waals surface area contributed by atoms with Crippen LogP contribution in [-0.4, -0.2) is 25.1 Å². The number of sulfone groups is 1. The van der Waals surface area contributed by atoms with Crippen molar-refractivity contribution in [2.75, 3.05) is 5.75 Å². The number of aromatic amines is 1. The normalized spacial score (nSPS) is 11.7. The number of H-pyrrole nitrogens is 1. The third-order valence-electron chi connectivity index (χ3n) is 3.82. The van der Waals surface area contributed by atoms with Crippen molar-refractivity contribution in [2.45, 2.75) is 11.8 Å². The van der Waals surface area contributed by atoms with Crippen LogP contribution < -0.4 is 5.73 Å². The van der Waals surface area contributed by atoms with Gasteiger partial charge in [-0.2, -0.15) is 0 Å². The van der Waals surface area contributed by atoms with Gasteiger partial charge in [0.2, 0.25) is 0 Å². The molecule has 1 amide bonds. The molecule has 2 aromatic carbocycles. The third-order valence-corrected chi connectivity index (χ3v) is 5.55. The van der Waals surface area contributed by atoms with E-state index < -0.39 is 15.7 Å². The summed E-state index contributed by atoms with van der Waals surface area (Å²) in [5.74, 6) is -0.563. The van der Waals surface area contributed by atoms with Gasteiger partial charge in [0.05, 0.1) is 10.6 Å². The average Bonchev–Trinajstić information content (AvgIpc) is 2.94. The number of carbonyl (C=O) groups excluding carboxylic acids is 1. The Kier molecular flexibility index (Phi) is 3.69. The SMILES string of the molecule is CCS(=O)(=O)c1ccc2[nH]c(C(N)=O)c(-c3ccccc3)c2c1. The Morgan fingerprint density at radius 1 is 1.13 bits per heavy atom. The molecule has 1 aromatic heterocycles. The molecule has 5 nitrogen and oxygen atoms in total. The first-order valence-corrected chi connectivity index (χ1v) is 8.83. The molecule has 0 aliphatic carbocycles. The number of rotatable bonds is 4. The molecule has 0 spiro atoms. The summed E-state index contributed by atoms with van der Waals surface area (Å²) in [5, 5.41) is 0.666. The second kappa shape index (κ2) is 5.55. The van der Waals surface area contributed by atoms with Crippen LogP contribution in [0.5, 0.6) is 0 Å². The molecule has 3 rings (SSSR count). The number of hydrogen-bond donors (Lipinski definition) is 2. The van der Waals surface area contributed by atoms with E-state index >= 15 is 0 Å². The lowest BCUT2D eigenvalue weighted by Crippen LogP contribution is -2.12. The fourth-order valence-corrected chi connectivity index (χ4v) is 3.53. The molecule has 0 aliphatic rings. The highest BCUT2D eigenvalue weighted by atomic mass is 32.2. The predicted molar refractivity (Wildman–Crippen MR) is 90.0 cm³/mol. The summed E-state index contributed by atoms with van der Waals surface area (Å²) in [4.78, 5) is 15.0. The fourth-order valence-electron chi connectivity index (χ4n) is 2.62. The molecule has 0 fully saturated rings. The monoisotopic (exact) mass is 328 g/mol. The van der Waals surface area contributed by atoms with Crippen LogP contribution >= 0.6 is 0 Å². The van der Waals surface area contributed by atoms with E-state index in [9.17, 15) is 13.2 Å². The number of primary amides is 1. The summed E-state index contributed by atoms with van der Waals surface area (Å²) in [6.07, 6.45) is 0. The minimum absolute atomic E-state index is 0.0201. The number of benzene rings is 2. The molecule has 6 heteroatoms. The molecule has 0 aliphatic heterocycles. The minimum Gasteiger partial charge on any atom is -0.364 e. The van der Waals surface area contributed by atoms with E-state index in [1.165, 1.54) is 6.07 Å². The van der Waals surface area contributed by atoms with Crippen LogP contribution in [0, 0.1) is 0 Å². The number of nitrogens with two attached hydrogens (primary N) is 1. The molecule has 3 aromatic rings. The zero-order chi connectivity index (χ0) is 16.6. The number of aromatic nitrogens is 1. The number of amides is 1. The summed E-state index contributed by atoms with van der Waals surface area (Å²) in [6, 6.07) is 14.1. The molecule has 0 saturated carbocycles. The van der Waals surface area contributed by atoms with E-state index in [1.54, 1.807) is 19.1 Å². The largest absolute Gasteiger partial charge is 0.364 e. The molecular weight excluding hydrogens is 312 g/mol. The summed E-state index contributed by atoms with van der Waals surface area (Å²) in [5.41, 5.74) is 7.86. The standard InChI is InChI=1S/C17H16N2O3S/c1-2-23(21,22)12-8-9-14-13(10-12)15(16(19-14)17(18)20)11-6-4-3-5-7-11/h3-10,19H,2H2,1H3,(H2,18,20). The van der Waals surface area contributed by atoms with Gasteiger partial charge in [0, 0.05) is 16.5 Å². The molecule has 0 atom stereocenters. The molecule has 3 N–H and O–H groups in total. The van der Waals surface area contributed by atoms with Gasteiger partial charge in [0.25, 0.3) is 5.91 Å². The first-order valence-electron chi connectivity index (χ1n) is 7.17. The van der Waals surface area contributed by atoms with Crippen molar-refractivity contribution < 1.29 is 13.2 Å².